The van der Waals surface area contributed by atoms with E-state index in [0.717, 1.165) is 30.2 Å². The summed E-state index contributed by atoms with van der Waals surface area (Å²) in [5, 5.41) is 2.80. The molecule has 1 aliphatic heterocycles. The van der Waals surface area contributed by atoms with Crippen LogP contribution in [0.3, 0.4) is 0 Å². The van der Waals surface area contributed by atoms with Gasteiger partial charge in [0, 0.05) is 19.3 Å². The second kappa shape index (κ2) is 7.77. The van der Waals surface area contributed by atoms with E-state index in [9.17, 15) is 4.79 Å². The van der Waals surface area contributed by atoms with Crippen molar-refractivity contribution in [3.63, 3.8) is 0 Å². The van der Waals surface area contributed by atoms with Gasteiger partial charge in [0.2, 0.25) is 0 Å². The number of carbonyl (C=O) groups excluding carboxylic acids is 1. The van der Waals surface area contributed by atoms with E-state index in [4.69, 9.17) is 4.74 Å². The van der Waals surface area contributed by atoms with Crippen molar-refractivity contribution in [2.75, 3.05) is 24.6 Å². The van der Waals surface area contributed by atoms with E-state index in [1.807, 2.05) is 37.3 Å². The second-order valence-corrected chi connectivity index (χ2v) is 5.86. The highest BCUT2D eigenvalue weighted by Gasteiger charge is 2.14. The Bertz CT molecular complexity index is 699. The number of nitrogens with one attached hydrogen (secondary N) is 1. The molecular weight excluding hydrogens is 304 g/mol. The molecule has 1 aromatic carbocycles. The summed E-state index contributed by atoms with van der Waals surface area (Å²) in [6.45, 7) is 4.30. The number of hydrogen-bond acceptors (Lipinski definition) is 5. The third kappa shape index (κ3) is 4.22. The van der Waals surface area contributed by atoms with E-state index in [0.29, 0.717) is 12.4 Å². The molecule has 1 N–H and O–H groups in total. The lowest BCUT2D eigenvalue weighted by atomic mass is 10.2. The van der Waals surface area contributed by atoms with Gasteiger partial charge in [-0.25, -0.2) is 9.97 Å². The van der Waals surface area contributed by atoms with Crippen molar-refractivity contribution in [3.05, 3.63) is 47.9 Å². The normalized spacial score (nSPS) is 13.8. The first-order valence-electron chi connectivity index (χ1n) is 8.24. The Kier molecular flexibility index (Phi) is 5.25. The summed E-state index contributed by atoms with van der Waals surface area (Å²) in [4.78, 5) is 22.9. The number of amides is 1. The largest absolute Gasteiger partial charge is 0.484 e. The average molecular weight is 326 g/mol. The van der Waals surface area contributed by atoms with Crippen LogP contribution in [-0.2, 0) is 11.3 Å². The maximum atomic E-state index is 11.9. The molecule has 0 aliphatic carbocycles. The van der Waals surface area contributed by atoms with Crippen molar-refractivity contribution in [1.82, 2.24) is 15.3 Å². The van der Waals surface area contributed by atoms with Crippen LogP contribution in [0.25, 0.3) is 0 Å². The number of nitrogens with zero attached hydrogens (tertiary/aromatic N) is 3. The fraction of sp³-hybridized carbons (Fsp3) is 0.389. The van der Waals surface area contributed by atoms with Gasteiger partial charge >= 0.3 is 0 Å². The van der Waals surface area contributed by atoms with Crippen LogP contribution in [-0.4, -0.2) is 35.6 Å². The van der Waals surface area contributed by atoms with Crippen molar-refractivity contribution < 1.29 is 9.53 Å². The Balaban J connectivity index is 1.49. The van der Waals surface area contributed by atoms with Gasteiger partial charge in [0.1, 0.15) is 17.4 Å². The minimum absolute atomic E-state index is 0.0172. The zero-order chi connectivity index (χ0) is 16.8. The molecule has 126 valence electrons. The molecule has 0 saturated carbocycles. The van der Waals surface area contributed by atoms with Gasteiger partial charge in [-0.3, -0.25) is 4.79 Å². The van der Waals surface area contributed by atoms with Crippen LogP contribution < -0.4 is 15.0 Å². The van der Waals surface area contributed by atoms with Crippen molar-refractivity contribution >= 4 is 11.7 Å². The highest BCUT2D eigenvalue weighted by Crippen LogP contribution is 2.17. The third-order valence-corrected chi connectivity index (χ3v) is 4.02. The maximum absolute atomic E-state index is 11.9. The lowest BCUT2D eigenvalue weighted by Crippen LogP contribution is -2.29. The number of aromatic nitrogens is 2. The van der Waals surface area contributed by atoms with E-state index >= 15 is 0 Å². The molecule has 0 radical (unpaired) electrons. The van der Waals surface area contributed by atoms with Crippen LogP contribution in [0.2, 0.25) is 0 Å². The number of anilines is 1. The Labute approximate surface area is 141 Å². The van der Waals surface area contributed by atoms with Crippen LogP contribution in [0.5, 0.6) is 5.75 Å². The molecule has 1 aromatic heterocycles. The quantitative estimate of drug-likeness (QED) is 0.880. The number of para-hydroxylation sites is 1. The van der Waals surface area contributed by atoms with Gasteiger partial charge in [0.05, 0.1) is 6.54 Å². The van der Waals surface area contributed by atoms with E-state index in [1.54, 1.807) is 6.20 Å². The van der Waals surface area contributed by atoms with Crippen LogP contribution in [0, 0.1) is 6.92 Å². The summed E-state index contributed by atoms with van der Waals surface area (Å²) in [6, 6.07) is 9.54. The molecule has 2 heterocycles. The number of carbonyl (C=O) groups is 1. The van der Waals surface area contributed by atoms with Gasteiger partial charge in [-0.2, -0.15) is 0 Å². The molecule has 0 unspecified atom stereocenters. The van der Waals surface area contributed by atoms with Gasteiger partial charge in [-0.15, -0.1) is 0 Å². The first-order chi connectivity index (χ1) is 11.7. The van der Waals surface area contributed by atoms with E-state index in [-0.39, 0.29) is 12.5 Å². The molecule has 2 aromatic rings. The molecule has 1 aliphatic rings. The third-order valence-electron chi connectivity index (χ3n) is 4.02. The average Bonchev–Trinajstić information content (AvgIpc) is 3.14. The summed E-state index contributed by atoms with van der Waals surface area (Å²) >= 11 is 0. The first kappa shape index (κ1) is 16.2. The molecule has 1 amide bonds. The summed E-state index contributed by atoms with van der Waals surface area (Å²) in [7, 11) is 0. The van der Waals surface area contributed by atoms with Crippen LogP contribution >= 0.6 is 0 Å². The maximum Gasteiger partial charge on any atom is 0.258 e. The summed E-state index contributed by atoms with van der Waals surface area (Å²) in [5.74, 6) is 2.08. The zero-order valence-electron chi connectivity index (χ0n) is 13.9. The Hall–Kier alpha value is -2.63. The van der Waals surface area contributed by atoms with Crippen molar-refractivity contribution in [2.24, 2.45) is 0 Å². The molecule has 0 atom stereocenters. The lowest BCUT2D eigenvalue weighted by Gasteiger charge is -2.16. The summed E-state index contributed by atoms with van der Waals surface area (Å²) in [5.41, 5.74) is 1.01. The molecule has 6 heteroatoms. The van der Waals surface area contributed by atoms with Crippen molar-refractivity contribution in [2.45, 2.75) is 26.3 Å². The predicted octanol–water partition coefficient (Wildman–Crippen LogP) is 2.08. The smallest absolute Gasteiger partial charge is 0.258 e. The first-order valence-corrected chi connectivity index (χ1v) is 8.24. The summed E-state index contributed by atoms with van der Waals surface area (Å²) < 4.78 is 5.53. The Morgan fingerprint density at radius 1 is 1.25 bits per heavy atom. The minimum Gasteiger partial charge on any atom is -0.484 e. The minimum atomic E-state index is -0.187. The van der Waals surface area contributed by atoms with Gasteiger partial charge in [0.25, 0.3) is 5.91 Å². The van der Waals surface area contributed by atoms with Crippen molar-refractivity contribution in [3.8, 4) is 5.75 Å². The Morgan fingerprint density at radius 2 is 2.04 bits per heavy atom. The molecule has 1 fully saturated rings. The van der Waals surface area contributed by atoms with Crippen molar-refractivity contribution in [1.29, 1.82) is 0 Å². The van der Waals surface area contributed by atoms with Crippen LogP contribution in [0.4, 0.5) is 5.82 Å². The fourth-order valence-corrected chi connectivity index (χ4v) is 2.69. The van der Waals surface area contributed by atoms with Gasteiger partial charge < -0.3 is 15.0 Å². The number of hydrogen-bond donors (Lipinski definition) is 1. The lowest BCUT2D eigenvalue weighted by molar-refractivity contribution is -0.123. The number of ether oxygens (including phenoxy) is 1. The fourth-order valence-electron chi connectivity index (χ4n) is 2.69. The molecule has 0 bridgehead atoms. The van der Waals surface area contributed by atoms with Gasteiger partial charge in [-0.05, 0) is 37.5 Å². The highest BCUT2D eigenvalue weighted by molar-refractivity contribution is 5.77. The van der Waals surface area contributed by atoms with Gasteiger partial charge in [-0.1, -0.05) is 18.2 Å². The molecular formula is C18H22N4O2. The molecule has 1 saturated heterocycles. The van der Waals surface area contributed by atoms with Crippen LogP contribution in [0.15, 0.2) is 36.5 Å². The topological polar surface area (TPSA) is 67.3 Å². The van der Waals surface area contributed by atoms with E-state index in [1.165, 1.54) is 12.8 Å². The number of benzene rings is 1. The zero-order valence-corrected chi connectivity index (χ0v) is 13.9. The number of rotatable bonds is 6. The Morgan fingerprint density at radius 3 is 2.83 bits per heavy atom. The molecule has 0 spiro atoms. The number of aryl methyl sites for hydroxylation is 1. The second-order valence-electron chi connectivity index (χ2n) is 5.86. The molecule has 3 rings (SSSR count). The SMILES string of the molecule is Cc1ccccc1OCC(=O)NCc1nccc(N2CCCC2)n1. The van der Waals surface area contributed by atoms with E-state index < -0.39 is 0 Å². The predicted molar refractivity (Wildman–Crippen MR) is 92.0 cm³/mol. The van der Waals surface area contributed by atoms with E-state index in [2.05, 4.69) is 20.2 Å². The molecule has 6 nitrogen and oxygen atoms in total. The monoisotopic (exact) mass is 326 g/mol. The summed E-state index contributed by atoms with van der Waals surface area (Å²) in [6.07, 6.45) is 4.14. The highest BCUT2D eigenvalue weighted by atomic mass is 16.5. The van der Waals surface area contributed by atoms with Crippen LogP contribution in [0.1, 0.15) is 24.2 Å². The van der Waals surface area contributed by atoms with Gasteiger partial charge in [0.15, 0.2) is 6.61 Å². The standard InChI is InChI=1S/C18H22N4O2/c1-14-6-2-3-7-15(14)24-13-18(23)20-12-16-19-9-8-17(21-16)22-10-4-5-11-22/h2-3,6-9H,4-5,10-13H2,1H3,(H,20,23). The molecule has 24 heavy (non-hydrogen) atoms.